The summed E-state index contributed by atoms with van der Waals surface area (Å²) in [5.41, 5.74) is -0.692. The van der Waals surface area contributed by atoms with E-state index in [2.05, 4.69) is 10.3 Å². The van der Waals surface area contributed by atoms with Crippen LogP contribution >= 0.6 is 11.6 Å². The van der Waals surface area contributed by atoms with Gasteiger partial charge < -0.3 is 5.32 Å². The van der Waals surface area contributed by atoms with Crippen LogP contribution in [0.2, 0.25) is 5.02 Å². The van der Waals surface area contributed by atoms with E-state index in [9.17, 15) is 19.3 Å². The van der Waals surface area contributed by atoms with Gasteiger partial charge in [0.2, 0.25) is 0 Å². The van der Waals surface area contributed by atoms with Gasteiger partial charge in [0, 0.05) is 0 Å². The average Bonchev–Trinajstić information content (AvgIpc) is 2.40. The van der Waals surface area contributed by atoms with Crippen LogP contribution in [0.3, 0.4) is 0 Å². The Hall–Kier alpha value is -2.54. The molecule has 0 unspecified atom stereocenters. The Morgan fingerprint density at radius 1 is 1.35 bits per heavy atom. The molecule has 1 heterocycles. The van der Waals surface area contributed by atoms with Gasteiger partial charge in [-0.25, -0.2) is 9.37 Å². The summed E-state index contributed by atoms with van der Waals surface area (Å²) in [6.07, 6.45) is 0.919. The number of carbonyl (C=O) groups is 1. The minimum atomic E-state index is -0.752. The molecule has 0 radical (unpaired) electrons. The van der Waals surface area contributed by atoms with Gasteiger partial charge in [0.05, 0.1) is 11.1 Å². The fourth-order valence-corrected chi connectivity index (χ4v) is 1.76. The molecule has 0 fully saturated rings. The number of anilines is 1. The van der Waals surface area contributed by atoms with E-state index < -0.39 is 22.3 Å². The van der Waals surface area contributed by atoms with E-state index in [1.807, 2.05) is 0 Å². The Morgan fingerprint density at radius 2 is 2.10 bits per heavy atom. The van der Waals surface area contributed by atoms with E-state index in [0.717, 1.165) is 12.3 Å². The quantitative estimate of drug-likeness (QED) is 0.696. The lowest BCUT2D eigenvalue weighted by molar-refractivity contribution is -0.385. The molecule has 102 valence electrons. The highest BCUT2D eigenvalue weighted by Gasteiger charge is 2.23. The van der Waals surface area contributed by atoms with Gasteiger partial charge in [-0.2, -0.15) is 0 Å². The number of benzene rings is 1. The molecule has 1 aromatic heterocycles. The van der Waals surface area contributed by atoms with Gasteiger partial charge in [-0.1, -0.05) is 17.7 Å². The van der Waals surface area contributed by atoms with Crippen LogP contribution in [0.15, 0.2) is 36.5 Å². The van der Waals surface area contributed by atoms with Gasteiger partial charge in [-0.05, 0) is 24.3 Å². The van der Waals surface area contributed by atoms with Crippen molar-refractivity contribution in [1.82, 2.24) is 4.98 Å². The first kappa shape index (κ1) is 13.9. The van der Waals surface area contributed by atoms with Crippen molar-refractivity contribution in [2.45, 2.75) is 0 Å². The van der Waals surface area contributed by atoms with E-state index in [-0.39, 0.29) is 16.4 Å². The standard InChI is InChI=1S/C12H7ClFN3O3/c13-9-3-1-2-8(11(9)17(19)20)12(18)16-10-5-4-7(14)6-15-10/h1-6H,(H,15,16,18). The topological polar surface area (TPSA) is 85.1 Å². The zero-order valence-corrected chi connectivity index (χ0v) is 10.6. The first-order chi connectivity index (χ1) is 9.49. The van der Waals surface area contributed by atoms with Crippen molar-refractivity contribution < 1.29 is 14.1 Å². The Morgan fingerprint density at radius 3 is 2.70 bits per heavy atom. The molecule has 1 amide bonds. The van der Waals surface area contributed by atoms with Gasteiger partial charge >= 0.3 is 5.69 Å². The highest BCUT2D eigenvalue weighted by molar-refractivity contribution is 6.33. The molecule has 8 heteroatoms. The second-order valence-electron chi connectivity index (χ2n) is 3.71. The van der Waals surface area contributed by atoms with E-state index in [0.29, 0.717) is 0 Å². The first-order valence-electron chi connectivity index (χ1n) is 5.35. The summed E-state index contributed by atoms with van der Waals surface area (Å²) in [5, 5.41) is 13.1. The normalized spacial score (nSPS) is 10.1. The summed E-state index contributed by atoms with van der Waals surface area (Å²) in [4.78, 5) is 25.8. The highest BCUT2D eigenvalue weighted by Crippen LogP contribution is 2.28. The van der Waals surface area contributed by atoms with Crippen molar-refractivity contribution in [2.24, 2.45) is 0 Å². The fourth-order valence-electron chi connectivity index (χ4n) is 1.52. The van der Waals surface area contributed by atoms with Crippen LogP contribution in [0.5, 0.6) is 0 Å². The summed E-state index contributed by atoms with van der Waals surface area (Å²) in [6.45, 7) is 0. The average molecular weight is 296 g/mol. The van der Waals surface area contributed by atoms with Crippen LogP contribution in [-0.4, -0.2) is 15.8 Å². The molecule has 0 saturated carbocycles. The molecule has 0 spiro atoms. The van der Waals surface area contributed by atoms with Crippen LogP contribution in [-0.2, 0) is 0 Å². The molecule has 1 aromatic carbocycles. The summed E-state index contributed by atoms with van der Waals surface area (Å²) >= 11 is 5.71. The number of pyridine rings is 1. The predicted octanol–water partition coefficient (Wildman–Crippen LogP) is 3.03. The van der Waals surface area contributed by atoms with E-state index in [1.165, 1.54) is 24.3 Å². The minimum Gasteiger partial charge on any atom is -0.306 e. The van der Waals surface area contributed by atoms with Crippen LogP contribution in [0.25, 0.3) is 0 Å². The predicted molar refractivity (Wildman–Crippen MR) is 70.3 cm³/mol. The van der Waals surface area contributed by atoms with Crippen molar-refractivity contribution in [2.75, 3.05) is 5.32 Å². The number of rotatable bonds is 3. The third kappa shape index (κ3) is 2.89. The molecule has 2 rings (SSSR count). The number of nitrogens with one attached hydrogen (secondary N) is 1. The fraction of sp³-hybridized carbons (Fsp3) is 0. The lowest BCUT2D eigenvalue weighted by Crippen LogP contribution is -2.15. The lowest BCUT2D eigenvalue weighted by Gasteiger charge is -2.05. The van der Waals surface area contributed by atoms with Gasteiger partial charge in [-0.3, -0.25) is 14.9 Å². The molecule has 0 saturated heterocycles. The van der Waals surface area contributed by atoms with Crippen LogP contribution < -0.4 is 5.32 Å². The minimum absolute atomic E-state index is 0.0747. The summed E-state index contributed by atoms with van der Waals surface area (Å²) in [7, 11) is 0. The summed E-state index contributed by atoms with van der Waals surface area (Å²) < 4.78 is 12.7. The largest absolute Gasteiger partial charge is 0.306 e. The van der Waals surface area contributed by atoms with Crippen LogP contribution in [0, 0.1) is 15.9 Å². The first-order valence-corrected chi connectivity index (χ1v) is 5.72. The van der Waals surface area contributed by atoms with Crippen molar-refractivity contribution in [3.05, 3.63) is 63.0 Å². The number of hydrogen-bond donors (Lipinski definition) is 1. The molecular formula is C12H7ClFN3O3. The zero-order valence-electron chi connectivity index (χ0n) is 9.84. The second kappa shape index (κ2) is 5.62. The molecule has 6 nitrogen and oxygen atoms in total. The monoisotopic (exact) mass is 295 g/mol. The van der Waals surface area contributed by atoms with Crippen molar-refractivity contribution in [1.29, 1.82) is 0 Å². The van der Waals surface area contributed by atoms with E-state index in [1.54, 1.807) is 0 Å². The molecule has 20 heavy (non-hydrogen) atoms. The Bertz CT molecular complexity index is 676. The number of amides is 1. The van der Waals surface area contributed by atoms with Gasteiger partial charge in [-0.15, -0.1) is 0 Å². The number of aromatic nitrogens is 1. The van der Waals surface area contributed by atoms with Gasteiger partial charge in [0.15, 0.2) is 0 Å². The maximum Gasteiger partial charge on any atom is 0.300 e. The molecule has 0 aliphatic heterocycles. The number of carbonyl (C=O) groups excluding carboxylic acids is 1. The Kier molecular flexibility index (Phi) is 3.90. The number of hydrogen-bond acceptors (Lipinski definition) is 4. The number of nitrogens with zero attached hydrogens (tertiary/aromatic N) is 2. The lowest BCUT2D eigenvalue weighted by atomic mass is 10.1. The number of halogens is 2. The third-order valence-electron chi connectivity index (χ3n) is 2.38. The third-order valence-corrected chi connectivity index (χ3v) is 2.69. The zero-order chi connectivity index (χ0) is 14.7. The van der Waals surface area contributed by atoms with E-state index >= 15 is 0 Å². The van der Waals surface area contributed by atoms with Crippen LogP contribution in [0.1, 0.15) is 10.4 Å². The summed E-state index contributed by atoms with van der Waals surface area (Å²) in [5.74, 6) is -1.24. The SMILES string of the molecule is O=C(Nc1ccc(F)cn1)c1cccc(Cl)c1[N+](=O)[O-]. The Labute approximate surface area is 117 Å². The second-order valence-corrected chi connectivity index (χ2v) is 4.12. The summed E-state index contributed by atoms with van der Waals surface area (Å²) in [6, 6.07) is 6.34. The Balaban J connectivity index is 2.32. The van der Waals surface area contributed by atoms with Crippen molar-refractivity contribution >= 4 is 29.0 Å². The number of nitro benzene ring substituents is 1. The highest BCUT2D eigenvalue weighted by atomic mass is 35.5. The molecule has 0 aliphatic carbocycles. The maximum atomic E-state index is 12.7. The number of para-hydroxylation sites is 1. The van der Waals surface area contributed by atoms with Crippen LogP contribution in [0.4, 0.5) is 15.9 Å². The molecule has 0 aliphatic rings. The maximum absolute atomic E-state index is 12.7. The molecular weight excluding hydrogens is 289 g/mol. The van der Waals surface area contributed by atoms with Gasteiger partial charge in [0.1, 0.15) is 22.2 Å². The van der Waals surface area contributed by atoms with Crippen molar-refractivity contribution in [3.63, 3.8) is 0 Å². The van der Waals surface area contributed by atoms with Crippen molar-refractivity contribution in [3.8, 4) is 0 Å². The smallest absolute Gasteiger partial charge is 0.300 e. The van der Waals surface area contributed by atoms with E-state index in [4.69, 9.17) is 11.6 Å². The molecule has 2 aromatic rings. The van der Waals surface area contributed by atoms with Gasteiger partial charge in [0.25, 0.3) is 5.91 Å². The molecule has 0 atom stereocenters. The molecule has 0 bridgehead atoms. The number of nitro groups is 1. The molecule has 1 N–H and O–H groups in total.